The smallest absolute Gasteiger partial charge is 0.268 e. The van der Waals surface area contributed by atoms with Gasteiger partial charge in [-0.25, -0.2) is 0 Å². The Labute approximate surface area is 172 Å². The zero-order chi connectivity index (χ0) is 20.4. The molecule has 7 heteroatoms. The van der Waals surface area contributed by atoms with E-state index >= 15 is 0 Å². The fourth-order valence-electron chi connectivity index (χ4n) is 3.20. The van der Waals surface area contributed by atoms with E-state index in [4.69, 9.17) is 4.74 Å². The Balaban J connectivity index is 1.56. The minimum Gasteiger partial charge on any atom is -0.479 e. The first kappa shape index (κ1) is 19.1. The van der Waals surface area contributed by atoms with Crippen molar-refractivity contribution in [3.63, 3.8) is 0 Å². The number of amides is 2. The largest absolute Gasteiger partial charge is 0.479 e. The van der Waals surface area contributed by atoms with E-state index in [-0.39, 0.29) is 18.4 Å². The van der Waals surface area contributed by atoms with Gasteiger partial charge in [0.15, 0.2) is 10.9 Å². The quantitative estimate of drug-likeness (QED) is 0.667. The standard InChI is InChI=1S/C22H21N3O3S/c1-15-7-9-17(10-8-15)13-24-11-12-29-22(24)23-20(26)14-25-18-5-3-4-6-19(18)28-16(2)21(25)27/h3-12,16H,13-14H2,1-2H3. The Hall–Kier alpha value is -3.19. The van der Waals surface area contributed by atoms with Crippen molar-refractivity contribution in [2.45, 2.75) is 26.5 Å². The van der Waals surface area contributed by atoms with Crippen molar-refractivity contribution in [3.8, 4) is 5.75 Å². The predicted octanol–water partition coefficient (Wildman–Crippen LogP) is 3.15. The maximum absolute atomic E-state index is 12.7. The molecule has 1 unspecified atom stereocenters. The van der Waals surface area contributed by atoms with E-state index in [0.717, 1.165) is 5.56 Å². The number of thiazole rings is 1. The van der Waals surface area contributed by atoms with Crippen LogP contribution in [0.15, 0.2) is 65.1 Å². The molecule has 6 nitrogen and oxygen atoms in total. The van der Waals surface area contributed by atoms with Crippen molar-refractivity contribution in [1.82, 2.24) is 4.57 Å². The van der Waals surface area contributed by atoms with Crippen molar-refractivity contribution in [3.05, 3.63) is 76.0 Å². The number of ether oxygens (including phenoxy) is 1. The molecule has 0 spiro atoms. The summed E-state index contributed by atoms with van der Waals surface area (Å²) >= 11 is 1.40. The van der Waals surface area contributed by atoms with E-state index in [2.05, 4.69) is 29.3 Å². The third-order valence-corrected chi connectivity index (χ3v) is 5.52. The van der Waals surface area contributed by atoms with Gasteiger partial charge in [0.05, 0.1) is 5.69 Å². The van der Waals surface area contributed by atoms with Gasteiger partial charge in [-0.1, -0.05) is 42.0 Å². The first-order chi connectivity index (χ1) is 14.0. The van der Waals surface area contributed by atoms with Gasteiger partial charge < -0.3 is 9.30 Å². The molecular weight excluding hydrogens is 386 g/mol. The molecule has 0 bridgehead atoms. The van der Waals surface area contributed by atoms with Crippen LogP contribution in [0, 0.1) is 6.92 Å². The summed E-state index contributed by atoms with van der Waals surface area (Å²) in [7, 11) is 0. The third-order valence-electron chi connectivity index (χ3n) is 4.72. The molecular formula is C22H21N3O3S. The molecule has 2 aromatic carbocycles. The van der Waals surface area contributed by atoms with Crippen LogP contribution >= 0.6 is 11.3 Å². The van der Waals surface area contributed by atoms with Crippen LogP contribution in [-0.2, 0) is 16.1 Å². The molecule has 0 radical (unpaired) electrons. The molecule has 0 N–H and O–H groups in total. The Morgan fingerprint density at radius 1 is 1.17 bits per heavy atom. The van der Waals surface area contributed by atoms with E-state index in [0.29, 0.717) is 22.8 Å². The summed E-state index contributed by atoms with van der Waals surface area (Å²) < 4.78 is 7.56. The second-order valence-corrected chi connectivity index (χ2v) is 7.83. The summed E-state index contributed by atoms with van der Waals surface area (Å²) in [5, 5.41) is 1.90. The normalized spacial score (nSPS) is 16.5. The van der Waals surface area contributed by atoms with Gasteiger partial charge >= 0.3 is 0 Å². The molecule has 2 heterocycles. The van der Waals surface area contributed by atoms with Crippen molar-refractivity contribution in [2.75, 3.05) is 11.4 Å². The molecule has 0 saturated carbocycles. The van der Waals surface area contributed by atoms with E-state index in [9.17, 15) is 9.59 Å². The maximum Gasteiger partial charge on any atom is 0.268 e. The van der Waals surface area contributed by atoms with Gasteiger partial charge in [0.2, 0.25) is 0 Å². The number of rotatable bonds is 4. The molecule has 3 aromatic rings. The Kier molecular flexibility index (Phi) is 5.31. The molecule has 1 aromatic heterocycles. The number of hydrogen-bond acceptors (Lipinski definition) is 4. The molecule has 0 saturated heterocycles. The number of benzene rings is 2. The molecule has 1 atom stereocenters. The van der Waals surface area contributed by atoms with E-state index in [1.54, 1.807) is 19.1 Å². The first-order valence-electron chi connectivity index (χ1n) is 9.35. The zero-order valence-corrected chi connectivity index (χ0v) is 17.1. The number of aryl methyl sites for hydroxylation is 1. The lowest BCUT2D eigenvalue weighted by Gasteiger charge is -2.31. The van der Waals surface area contributed by atoms with Crippen LogP contribution in [0.25, 0.3) is 0 Å². The van der Waals surface area contributed by atoms with Crippen molar-refractivity contribution in [1.29, 1.82) is 0 Å². The minimum absolute atomic E-state index is 0.119. The van der Waals surface area contributed by atoms with E-state index in [1.165, 1.54) is 21.8 Å². The lowest BCUT2D eigenvalue weighted by atomic mass is 10.1. The van der Waals surface area contributed by atoms with Gasteiger partial charge in [0, 0.05) is 18.1 Å². The van der Waals surface area contributed by atoms with Crippen LogP contribution in [0.3, 0.4) is 0 Å². The number of para-hydroxylation sites is 2. The Morgan fingerprint density at radius 3 is 2.72 bits per heavy atom. The molecule has 2 amide bonds. The summed E-state index contributed by atoms with van der Waals surface area (Å²) in [6.07, 6.45) is 1.28. The van der Waals surface area contributed by atoms with E-state index < -0.39 is 6.10 Å². The molecule has 1 aliphatic rings. The summed E-state index contributed by atoms with van der Waals surface area (Å²) in [4.78, 5) is 31.6. The maximum atomic E-state index is 12.7. The molecule has 148 valence electrons. The summed E-state index contributed by atoms with van der Waals surface area (Å²) in [6.45, 7) is 4.24. The second kappa shape index (κ2) is 8.05. The van der Waals surface area contributed by atoms with Crippen LogP contribution in [0.5, 0.6) is 5.75 Å². The topological polar surface area (TPSA) is 63.9 Å². The molecule has 0 aliphatic carbocycles. The lowest BCUT2D eigenvalue weighted by molar-refractivity contribution is -0.127. The van der Waals surface area contributed by atoms with Crippen LogP contribution in [0.4, 0.5) is 5.69 Å². The fourth-order valence-corrected chi connectivity index (χ4v) is 3.94. The highest BCUT2D eigenvalue weighted by Gasteiger charge is 2.32. The van der Waals surface area contributed by atoms with Gasteiger partial charge in [0.1, 0.15) is 12.3 Å². The summed E-state index contributed by atoms with van der Waals surface area (Å²) in [5.74, 6) is -0.0220. The molecule has 29 heavy (non-hydrogen) atoms. The lowest BCUT2D eigenvalue weighted by Crippen LogP contribution is -2.46. The van der Waals surface area contributed by atoms with Crippen molar-refractivity contribution >= 4 is 28.8 Å². The van der Waals surface area contributed by atoms with Gasteiger partial charge in [-0.3, -0.25) is 14.5 Å². The number of fused-ring (bicyclic) bond motifs is 1. The SMILES string of the molecule is Cc1ccc(Cn2ccsc2=NC(=O)CN2C(=O)C(C)Oc3ccccc32)cc1. The summed E-state index contributed by atoms with van der Waals surface area (Å²) in [5.41, 5.74) is 2.93. The third kappa shape index (κ3) is 4.14. The molecule has 4 rings (SSSR count). The predicted molar refractivity (Wildman–Crippen MR) is 112 cm³/mol. The average Bonchev–Trinajstić information content (AvgIpc) is 3.13. The first-order valence-corrected chi connectivity index (χ1v) is 10.2. The van der Waals surface area contributed by atoms with Crippen LogP contribution in [0.1, 0.15) is 18.1 Å². The van der Waals surface area contributed by atoms with Gasteiger partial charge in [-0.15, -0.1) is 11.3 Å². The van der Waals surface area contributed by atoms with Gasteiger partial charge in [0.25, 0.3) is 11.8 Å². The summed E-state index contributed by atoms with van der Waals surface area (Å²) in [6, 6.07) is 15.5. The van der Waals surface area contributed by atoms with Crippen LogP contribution < -0.4 is 14.4 Å². The number of hydrogen-bond donors (Lipinski definition) is 0. The molecule has 1 aliphatic heterocycles. The van der Waals surface area contributed by atoms with Gasteiger partial charge in [-0.05, 0) is 31.5 Å². The van der Waals surface area contributed by atoms with Crippen molar-refractivity contribution < 1.29 is 14.3 Å². The number of carbonyl (C=O) groups excluding carboxylic acids is 2. The minimum atomic E-state index is -0.633. The number of carbonyl (C=O) groups is 2. The average molecular weight is 407 g/mol. The number of aromatic nitrogens is 1. The van der Waals surface area contributed by atoms with Gasteiger partial charge in [-0.2, -0.15) is 4.99 Å². The van der Waals surface area contributed by atoms with Crippen LogP contribution in [0.2, 0.25) is 0 Å². The molecule has 0 fully saturated rings. The van der Waals surface area contributed by atoms with Crippen LogP contribution in [-0.4, -0.2) is 29.0 Å². The van der Waals surface area contributed by atoms with Crippen molar-refractivity contribution in [2.24, 2.45) is 4.99 Å². The fraction of sp³-hybridized carbons (Fsp3) is 0.227. The highest BCUT2D eigenvalue weighted by Crippen LogP contribution is 2.33. The second-order valence-electron chi connectivity index (χ2n) is 6.96. The highest BCUT2D eigenvalue weighted by molar-refractivity contribution is 7.07. The monoisotopic (exact) mass is 407 g/mol. The highest BCUT2D eigenvalue weighted by atomic mass is 32.1. The number of nitrogens with zero attached hydrogens (tertiary/aromatic N) is 3. The Bertz CT molecular complexity index is 1110. The van der Waals surface area contributed by atoms with E-state index in [1.807, 2.05) is 35.2 Å². The number of anilines is 1. The zero-order valence-electron chi connectivity index (χ0n) is 16.2. The Morgan fingerprint density at radius 2 is 1.93 bits per heavy atom.